The molecule has 0 fully saturated rings. The van der Waals surface area contributed by atoms with E-state index in [1.807, 2.05) is 0 Å². The number of H-pyrrole nitrogens is 1. The van der Waals surface area contributed by atoms with Crippen molar-refractivity contribution in [1.29, 1.82) is 0 Å². The van der Waals surface area contributed by atoms with Gasteiger partial charge >= 0.3 is 0 Å². The van der Waals surface area contributed by atoms with Crippen LogP contribution in [0.2, 0.25) is 5.02 Å². The summed E-state index contributed by atoms with van der Waals surface area (Å²) < 4.78 is 0. The molecule has 0 radical (unpaired) electrons. The number of halogens is 1. The Morgan fingerprint density at radius 2 is 2.25 bits per heavy atom. The van der Waals surface area contributed by atoms with Crippen LogP contribution in [0.15, 0.2) is 30.5 Å². The summed E-state index contributed by atoms with van der Waals surface area (Å²) >= 11 is 5.90. The Kier molecular flexibility index (Phi) is 2.78. The Morgan fingerprint density at radius 3 is 2.88 bits per heavy atom. The van der Waals surface area contributed by atoms with Gasteiger partial charge in [0.25, 0.3) is 5.91 Å². The van der Waals surface area contributed by atoms with Crippen LogP contribution >= 0.6 is 11.6 Å². The molecule has 2 aromatic rings. The van der Waals surface area contributed by atoms with E-state index in [1.54, 1.807) is 24.4 Å². The fraction of sp³-hybridized carbons (Fsp3) is 0. The van der Waals surface area contributed by atoms with Gasteiger partial charge in [-0.2, -0.15) is 5.10 Å². The van der Waals surface area contributed by atoms with Crippen LogP contribution in [0.3, 0.4) is 0 Å². The zero-order valence-corrected chi connectivity index (χ0v) is 8.95. The fourth-order valence-electron chi connectivity index (χ4n) is 1.23. The summed E-state index contributed by atoms with van der Waals surface area (Å²) in [6.07, 6.45) is 1.54. The summed E-state index contributed by atoms with van der Waals surface area (Å²) in [5, 5.41) is 9.26. The van der Waals surface area contributed by atoms with Crippen molar-refractivity contribution in [2.75, 3.05) is 11.1 Å². The Labute approximate surface area is 96.6 Å². The summed E-state index contributed by atoms with van der Waals surface area (Å²) in [5.41, 5.74) is 6.41. The van der Waals surface area contributed by atoms with Crippen molar-refractivity contribution in [3.8, 4) is 0 Å². The number of anilines is 2. The minimum Gasteiger partial charge on any atom is -0.399 e. The molecule has 0 spiro atoms. The average molecular weight is 237 g/mol. The van der Waals surface area contributed by atoms with E-state index in [1.165, 1.54) is 6.07 Å². The summed E-state index contributed by atoms with van der Waals surface area (Å²) in [5.74, 6) is 0.201. The molecule has 2 rings (SSSR count). The van der Waals surface area contributed by atoms with Crippen molar-refractivity contribution in [2.24, 2.45) is 0 Å². The lowest BCUT2D eigenvalue weighted by Crippen LogP contribution is -2.12. The van der Waals surface area contributed by atoms with Gasteiger partial charge in [0.1, 0.15) is 5.82 Å². The number of nitrogens with zero attached hydrogens (tertiary/aromatic N) is 1. The maximum Gasteiger partial charge on any atom is 0.258 e. The number of hydrogen-bond donors (Lipinski definition) is 3. The first kappa shape index (κ1) is 10.5. The third-order valence-corrected chi connectivity index (χ3v) is 2.30. The number of aromatic amines is 1. The molecule has 0 unspecified atom stereocenters. The van der Waals surface area contributed by atoms with E-state index in [0.717, 1.165) is 0 Å². The van der Waals surface area contributed by atoms with Gasteiger partial charge in [-0.25, -0.2) is 0 Å². The van der Waals surface area contributed by atoms with Gasteiger partial charge in [-0.3, -0.25) is 9.89 Å². The first-order valence-electron chi connectivity index (χ1n) is 4.52. The Balaban J connectivity index is 2.21. The second-order valence-corrected chi connectivity index (χ2v) is 3.57. The molecule has 0 saturated carbocycles. The number of carbonyl (C=O) groups is 1. The third-order valence-electron chi connectivity index (χ3n) is 1.99. The van der Waals surface area contributed by atoms with Crippen molar-refractivity contribution in [2.45, 2.75) is 0 Å². The molecule has 0 atom stereocenters. The van der Waals surface area contributed by atoms with E-state index >= 15 is 0 Å². The highest BCUT2D eigenvalue weighted by molar-refractivity contribution is 6.34. The van der Waals surface area contributed by atoms with Gasteiger partial charge < -0.3 is 11.1 Å². The molecule has 0 aliphatic heterocycles. The summed E-state index contributed by atoms with van der Waals surface area (Å²) in [7, 11) is 0. The van der Waals surface area contributed by atoms with Crippen LogP contribution in [0, 0.1) is 0 Å². The largest absolute Gasteiger partial charge is 0.399 e. The number of carbonyl (C=O) groups excluding carboxylic acids is 1. The highest BCUT2D eigenvalue weighted by Gasteiger charge is 2.10. The van der Waals surface area contributed by atoms with Crippen LogP contribution in [0.5, 0.6) is 0 Å². The Morgan fingerprint density at radius 1 is 1.44 bits per heavy atom. The monoisotopic (exact) mass is 236 g/mol. The van der Waals surface area contributed by atoms with Crippen LogP contribution < -0.4 is 11.1 Å². The molecule has 1 aromatic carbocycles. The molecule has 5 nitrogen and oxygen atoms in total. The van der Waals surface area contributed by atoms with Crippen LogP contribution in [0.25, 0.3) is 0 Å². The molecule has 16 heavy (non-hydrogen) atoms. The standard InChI is InChI=1S/C10H9ClN4O/c11-8-5-6(12)1-2-7(8)10(16)14-9-3-4-13-15-9/h1-5H,12H2,(H2,13,14,15,16). The molecular weight excluding hydrogens is 228 g/mol. The van der Waals surface area contributed by atoms with Crippen molar-refractivity contribution < 1.29 is 4.79 Å². The molecule has 1 aromatic heterocycles. The van der Waals surface area contributed by atoms with E-state index in [2.05, 4.69) is 15.5 Å². The van der Waals surface area contributed by atoms with E-state index < -0.39 is 0 Å². The molecule has 0 saturated heterocycles. The minimum atomic E-state index is -0.311. The number of aromatic nitrogens is 2. The Bertz CT molecular complexity index is 510. The average Bonchev–Trinajstić information content (AvgIpc) is 2.70. The highest BCUT2D eigenvalue weighted by Crippen LogP contribution is 2.19. The molecule has 82 valence electrons. The third kappa shape index (κ3) is 2.14. The maximum absolute atomic E-state index is 11.8. The van der Waals surface area contributed by atoms with Gasteiger partial charge in [0, 0.05) is 11.8 Å². The van der Waals surface area contributed by atoms with E-state index in [-0.39, 0.29) is 5.91 Å². The number of rotatable bonds is 2. The van der Waals surface area contributed by atoms with E-state index in [0.29, 0.717) is 22.1 Å². The zero-order valence-electron chi connectivity index (χ0n) is 8.20. The number of nitrogens with one attached hydrogen (secondary N) is 2. The lowest BCUT2D eigenvalue weighted by atomic mass is 10.2. The van der Waals surface area contributed by atoms with Crippen LogP contribution in [-0.4, -0.2) is 16.1 Å². The first-order valence-corrected chi connectivity index (χ1v) is 4.90. The normalized spacial score (nSPS) is 10.1. The van der Waals surface area contributed by atoms with Gasteiger partial charge in [-0.05, 0) is 18.2 Å². The quantitative estimate of drug-likeness (QED) is 0.697. The van der Waals surface area contributed by atoms with Crippen molar-refractivity contribution >= 4 is 29.0 Å². The number of benzene rings is 1. The fourth-order valence-corrected chi connectivity index (χ4v) is 1.51. The summed E-state index contributed by atoms with van der Waals surface area (Å²) in [6.45, 7) is 0. The lowest BCUT2D eigenvalue weighted by Gasteiger charge is -2.05. The smallest absolute Gasteiger partial charge is 0.258 e. The van der Waals surface area contributed by atoms with Crippen LogP contribution in [0.1, 0.15) is 10.4 Å². The zero-order chi connectivity index (χ0) is 11.5. The molecule has 6 heteroatoms. The molecule has 4 N–H and O–H groups in total. The summed E-state index contributed by atoms with van der Waals surface area (Å²) in [4.78, 5) is 11.8. The number of nitrogen functional groups attached to an aromatic ring is 1. The van der Waals surface area contributed by atoms with Crippen molar-refractivity contribution in [1.82, 2.24) is 10.2 Å². The molecule has 0 aliphatic rings. The highest BCUT2D eigenvalue weighted by atomic mass is 35.5. The van der Waals surface area contributed by atoms with Crippen molar-refractivity contribution in [3.05, 3.63) is 41.0 Å². The van der Waals surface area contributed by atoms with Gasteiger partial charge in [0.05, 0.1) is 16.8 Å². The van der Waals surface area contributed by atoms with Crippen LogP contribution in [-0.2, 0) is 0 Å². The number of hydrogen-bond acceptors (Lipinski definition) is 3. The minimum absolute atomic E-state index is 0.311. The topological polar surface area (TPSA) is 83.8 Å². The first-order chi connectivity index (χ1) is 7.66. The summed E-state index contributed by atoms with van der Waals surface area (Å²) in [6, 6.07) is 6.36. The Hall–Kier alpha value is -2.01. The van der Waals surface area contributed by atoms with E-state index in [9.17, 15) is 4.79 Å². The van der Waals surface area contributed by atoms with Crippen LogP contribution in [0.4, 0.5) is 11.5 Å². The molecule has 1 heterocycles. The molecule has 1 amide bonds. The molecule has 0 bridgehead atoms. The number of nitrogens with two attached hydrogens (primary N) is 1. The second kappa shape index (κ2) is 4.24. The van der Waals surface area contributed by atoms with E-state index in [4.69, 9.17) is 17.3 Å². The number of amides is 1. The SMILES string of the molecule is Nc1ccc(C(=O)Nc2ccn[nH]2)c(Cl)c1. The molecule has 0 aliphatic carbocycles. The molecular formula is C10H9ClN4O. The maximum atomic E-state index is 11.8. The second-order valence-electron chi connectivity index (χ2n) is 3.16. The van der Waals surface area contributed by atoms with Gasteiger partial charge in [0.15, 0.2) is 0 Å². The predicted octanol–water partition coefficient (Wildman–Crippen LogP) is 1.90. The van der Waals surface area contributed by atoms with Gasteiger partial charge in [-0.15, -0.1) is 0 Å². The lowest BCUT2D eigenvalue weighted by molar-refractivity contribution is 0.102. The van der Waals surface area contributed by atoms with Gasteiger partial charge in [0.2, 0.25) is 0 Å². The predicted molar refractivity (Wildman–Crippen MR) is 62.4 cm³/mol. The van der Waals surface area contributed by atoms with Gasteiger partial charge in [-0.1, -0.05) is 11.6 Å². The van der Waals surface area contributed by atoms with Crippen molar-refractivity contribution in [3.63, 3.8) is 0 Å².